The van der Waals surface area contributed by atoms with E-state index in [9.17, 15) is 14.9 Å². The van der Waals surface area contributed by atoms with Crippen LogP contribution >= 0.6 is 0 Å². The van der Waals surface area contributed by atoms with Crippen molar-refractivity contribution in [1.29, 1.82) is 0 Å². The van der Waals surface area contributed by atoms with E-state index < -0.39 is 10.9 Å². The summed E-state index contributed by atoms with van der Waals surface area (Å²) in [4.78, 5) is 26.5. The molecule has 0 saturated heterocycles. The Morgan fingerprint density at radius 3 is 2.50 bits per heavy atom. The summed E-state index contributed by atoms with van der Waals surface area (Å²) >= 11 is 0. The number of hydrogen-bond acceptors (Lipinski definition) is 5. The van der Waals surface area contributed by atoms with Crippen molar-refractivity contribution in [2.45, 2.75) is 0 Å². The van der Waals surface area contributed by atoms with Gasteiger partial charge in [0.05, 0.1) is 10.5 Å². The van der Waals surface area contributed by atoms with Gasteiger partial charge < -0.3 is 4.74 Å². The highest BCUT2D eigenvalue weighted by Crippen LogP contribution is 2.20. The lowest BCUT2D eigenvalue weighted by Gasteiger charge is -1.97. The van der Waals surface area contributed by atoms with Gasteiger partial charge in [0.1, 0.15) is 0 Å². The standard InChI is InChI=1S/C18H12N2O4/c21-18-15(19-17(24-18)14-8-2-1-3-9-14)11-6-10-13-7-4-5-12-16(13)20(22)23/h1-12H/b10-6+,15-11+. The van der Waals surface area contributed by atoms with Gasteiger partial charge in [-0.05, 0) is 30.4 Å². The Morgan fingerprint density at radius 1 is 1.04 bits per heavy atom. The van der Waals surface area contributed by atoms with Gasteiger partial charge in [-0.3, -0.25) is 10.1 Å². The second-order valence-corrected chi connectivity index (χ2v) is 4.90. The lowest BCUT2D eigenvalue weighted by molar-refractivity contribution is -0.385. The molecule has 1 aliphatic heterocycles. The van der Waals surface area contributed by atoms with Gasteiger partial charge in [-0.2, -0.15) is 0 Å². The smallest absolute Gasteiger partial charge is 0.363 e. The number of hydrogen-bond donors (Lipinski definition) is 0. The molecule has 6 nitrogen and oxygen atoms in total. The molecular formula is C18H12N2O4. The zero-order valence-electron chi connectivity index (χ0n) is 12.5. The van der Waals surface area contributed by atoms with Gasteiger partial charge in [0.2, 0.25) is 5.90 Å². The second kappa shape index (κ2) is 6.70. The molecule has 0 aliphatic carbocycles. The Kier molecular flexibility index (Phi) is 4.29. The summed E-state index contributed by atoms with van der Waals surface area (Å²) in [5.74, 6) is -0.313. The monoisotopic (exact) mass is 320 g/mol. The summed E-state index contributed by atoms with van der Waals surface area (Å²) < 4.78 is 5.13. The number of nitro groups is 1. The molecule has 0 N–H and O–H groups in total. The van der Waals surface area contributed by atoms with Crippen molar-refractivity contribution >= 4 is 23.6 Å². The minimum atomic E-state index is -0.555. The number of carbonyl (C=O) groups excluding carboxylic acids is 1. The van der Waals surface area contributed by atoms with E-state index in [1.54, 1.807) is 36.4 Å². The highest BCUT2D eigenvalue weighted by atomic mass is 16.6. The number of nitrogens with zero attached hydrogens (tertiary/aromatic N) is 2. The molecule has 0 radical (unpaired) electrons. The lowest BCUT2D eigenvalue weighted by Crippen LogP contribution is -2.04. The summed E-state index contributed by atoms with van der Waals surface area (Å²) in [6, 6.07) is 15.4. The van der Waals surface area contributed by atoms with Crippen molar-refractivity contribution in [2.75, 3.05) is 0 Å². The molecule has 0 fully saturated rings. The van der Waals surface area contributed by atoms with Crippen LogP contribution in [0.1, 0.15) is 11.1 Å². The van der Waals surface area contributed by atoms with Crippen LogP contribution in [0.3, 0.4) is 0 Å². The topological polar surface area (TPSA) is 81.8 Å². The zero-order chi connectivity index (χ0) is 16.9. The van der Waals surface area contributed by atoms with E-state index in [4.69, 9.17) is 4.74 Å². The first-order chi connectivity index (χ1) is 11.6. The number of cyclic esters (lactones) is 1. The molecule has 118 valence electrons. The van der Waals surface area contributed by atoms with Crippen LogP contribution in [0.4, 0.5) is 5.69 Å². The summed E-state index contributed by atoms with van der Waals surface area (Å²) in [5, 5.41) is 11.0. The number of carbonyl (C=O) groups is 1. The molecule has 0 unspecified atom stereocenters. The predicted molar refractivity (Wildman–Crippen MR) is 89.3 cm³/mol. The molecule has 0 bridgehead atoms. The molecular weight excluding hydrogens is 308 g/mol. The SMILES string of the molecule is O=C1OC(c2ccccc2)=N/C1=C/C=C/c1ccccc1[N+](=O)[O-]. The van der Waals surface area contributed by atoms with Crippen molar-refractivity contribution in [3.8, 4) is 0 Å². The molecule has 6 heteroatoms. The van der Waals surface area contributed by atoms with Gasteiger partial charge in [0.15, 0.2) is 5.70 Å². The van der Waals surface area contributed by atoms with Crippen LogP contribution in [-0.2, 0) is 9.53 Å². The molecule has 0 saturated carbocycles. The lowest BCUT2D eigenvalue weighted by atomic mass is 10.1. The average molecular weight is 320 g/mol. The van der Waals surface area contributed by atoms with Crippen LogP contribution in [0.25, 0.3) is 6.08 Å². The van der Waals surface area contributed by atoms with Gasteiger partial charge in [-0.1, -0.05) is 36.4 Å². The average Bonchev–Trinajstić information content (AvgIpc) is 2.97. The Labute approximate surface area is 137 Å². The summed E-state index contributed by atoms with van der Waals surface area (Å²) in [7, 11) is 0. The Hall–Kier alpha value is -3.54. The number of rotatable bonds is 4. The number of benzene rings is 2. The van der Waals surface area contributed by atoms with Crippen molar-refractivity contribution in [2.24, 2.45) is 4.99 Å². The van der Waals surface area contributed by atoms with E-state index in [2.05, 4.69) is 4.99 Å². The second-order valence-electron chi connectivity index (χ2n) is 4.90. The van der Waals surface area contributed by atoms with Crippen LogP contribution in [0.5, 0.6) is 0 Å². The molecule has 2 aromatic rings. The summed E-state index contributed by atoms with van der Waals surface area (Å²) in [6.07, 6.45) is 4.56. The van der Waals surface area contributed by atoms with E-state index >= 15 is 0 Å². The van der Waals surface area contributed by atoms with Crippen molar-refractivity contribution in [3.05, 3.63) is 93.7 Å². The molecule has 24 heavy (non-hydrogen) atoms. The van der Waals surface area contributed by atoms with E-state index in [0.29, 0.717) is 11.1 Å². The summed E-state index contributed by atoms with van der Waals surface area (Å²) in [5.41, 5.74) is 1.29. The minimum Gasteiger partial charge on any atom is -0.402 e. The first kappa shape index (κ1) is 15.4. The highest BCUT2D eigenvalue weighted by molar-refractivity contribution is 6.11. The molecule has 0 amide bonds. The minimum absolute atomic E-state index is 0.00498. The van der Waals surface area contributed by atoms with Gasteiger partial charge in [0.25, 0.3) is 5.69 Å². The Morgan fingerprint density at radius 2 is 1.75 bits per heavy atom. The van der Waals surface area contributed by atoms with Crippen molar-refractivity contribution < 1.29 is 14.5 Å². The Balaban J connectivity index is 1.83. The quantitative estimate of drug-likeness (QED) is 0.374. The van der Waals surface area contributed by atoms with E-state index in [0.717, 1.165) is 0 Å². The van der Waals surface area contributed by atoms with Crippen LogP contribution in [-0.4, -0.2) is 16.8 Å². The first-order valence-corrected chi connectivity index (χ1v) is 7.13. The fraction of sp³-hybridized carbons (Fsp3) is 0. The van der Waals surface area contributed by atoms with Crippen LogP contribution < -0.4 is 0 Å². The molecule has 1 aliphatic rings. The highest BCUT2D eigenvalue weighted by Gasteiger charge is 2.23. The number of aliphatic imine (C=N–C) groups is 1. The maximum absolute atomic E-state index is 11.8. The van der Waals surface area contributed by atoms with Crippen LogP contribution in [0, 0.1) is 10.1 Å². The van der Waals surface area contributed by atoms with Crippen LogP contribution in [0.2, 0.25) is 0 Å². The number of allylic oxidation sites excluding steroid dienone is 2. The molecule has 1 heterocycles. The Bertz CT molecular complexity index is 883. The van der Waals surface area contributed by atoms with Gasteiger partial charge >= 0.3 is 5.97 Å². The number of nitro benzene ring substituents is 1. The fourth-order valence-corrected chi connectivity index (χ4v) is 2.17. The largest absolute Gasteiger partial charge is 0.402 e. The predicted octanol–water partition coefficient (Wildman–Crippen LogP) is 3.50. The maximum Gasteiger partial charge on any atom is 0.363 e. The first-order valence-electron chi connectivity index (χ1n) is 7.13. The van der Waals surface area contributed by atoms with E-state index in [-0.39, 0.29) is 17.3 Å². The van der Waals surface area contributed by atoms with E-state index in [1.165, 1.54) is 18.2 Å². The van der Waals surface area contributed by atoms with Crippen LogP contribution in [0.15, 0.2) is 77.4 Å². The molecule has 0 aromatic heterocycles. The third kappa shape index (κ3) is 3.27. The van der Waals surface area contributed by atoms with Crippen molar-refractivity contribution in [3.63, 3.8) is 0 Å². The third-order valence-corrected chi connectivity index (χ3v) is 3.30. The molecule has 2 aromatic carbocycles. The molecule has 3 rings (SSSR count). The maximum atomic E-state index is 11.8. The number of para-hydroxylation sites is 1. The van der Waals surface area contributed by atoms with E-state index in [1.807, 2.05) is 18.2 Å². The third-order valence-electron chi connectivity index (χ3n) is 3.30. The van der Waals surface area contributed by atoms with Crippen molar-refractivity contribution in [1.82, 2.24) is 0 Å². The van der Waals surface area contributed by atoms with Gasteiger partial charge in [-0.25, -0.2) is 9.79 Å². The molecule has 0 atom stereocenters. The normalized spacial score (nSPS) is 15.6. The zero-order valence-corrected chi connectivity index (χ0v) is 12.5. The number of esters is 1. The molecule has 0 spiro atoms. The summed E-state index contributed by atoms with van der Waals surface area (Å²) in [6.45, 7) is 0. The fourth-order valence-electron chi connectivity index (χ4n) is 2.17. The van der Waals surface area contributed by atoms with Gasteiger partial charge in [0, 0.05) is 11.6 Å². The number of ether oxygens (including phenoxy) is 1. The van der Waals surface area contributed by atoms with Gasteiger partial charge in [-0.15, -0.1) is 0 Å².